The van der Waals surface area contributed by atoms with E-state index in [1.54, 1.807) is 16.7 Å². The third kappa shape index (κ3) is 2.87. The van der Waals surface area contributed by atoms with Crippen molar-refractivity contribution >= 4 is 68.9 Å². The van der Waals surface area contributed by atoms with E-state index in [0.29, 0.717) is 14.2 Å². The van der Waals surface area contributed by atoms with E-state index in [1.165, 1.54) is 11.8 Å². The van der Waals surface area contributed by atoms with Crippen LogP contribution >= 0.6 is 47.3 Å². The Balaban J connectivity index is 1.77. The molecule has 0 unspecified atom stereocenters. The summed E-state index contributed by atoms with van der Waals surface area (Å²) in [6, 6.07) is 15.3. The number of hydrogen-bond acceptors (Lipinski definition) is 5. The molecule has 2 heterocycles. The molecule has 126 valence electrons. The van der Waals surface area contributed by atoms with E-state index < -0.39 is 0 Å². The van der Waals surface area contributed by atoms with E-state index in [-0.39, 0.29) is 5.91 Å². The lowest BCUT2D eigenvalue weighted by Gasteiger charge is -2.19. The van der Waals surface area contributed by atoms with Gasteiger partial charge in [-0.1, -0.05) is 65.5 Å². The summed E-state index contributed by atoms with van der Waals surface area (Å²) in [5.74, 6) is -0.0685. The molecule has 25 heavy (non-hydrogen) atoms. The van der Waals surface area contributed by atoms with Crippen LogP contribution in [0.4, 0.5) is 11.4 Å². The van der Waals surface area contributed by atoms with Crippen molar-refractivity contribution in [2.24, 2.45) is 0 Å². The van der Waals surface area contributed by atoms with Crippen molar-refractivity contribution in [2.75, 3.05) is 16.3 Å². The first-order valence-corrected chi connectivity index (χ1v) is 10.1. The van der Waals surface area contributed by atoms with Crippen molar-refractivity contribution in [1.82, 2.24) is 0 Å². The highest BCUT2D eigenvalue weighted by atomic mass is 35.5. The summed E-state index contributed by atoms with van der Waals surface area (Å²) in [4.78, 5) is 18.6. The van der Waals surface area contributed by atoms with Gasteiger partial charge in [-0.3, -0.25) is 9.69 Å². The fourth-order valence-corrected chi connectivity index (χ4v) is 5.66. The van der Waals surface area contributed by atoms with Crippen LogP contribution in [0.2, 0.25) is 5.02 Å². The van der Waals surface area contributed by atoms with Crippen LogP contribution in [0.15, 0.2) is 63.4 Å². The largest absolute Gasteiger partial charge is 0.334 e. The van der Waals surface area contributed by atoms with E-state index in [4.69, 9.17) is 23.8 Å². The Hall–Kier alpha value is -1.47. The minimum atomic E-state index is -0.0685. The fraction of sp³-hybridized carbons (Fsp3) is 0.111. The number of thiocarbonyl (C=S) groups is 1. The van der Waals surface area contributed by atoms with Gasteiger partial charge in [0.05, 0.1) is 11.4 Å². The van der Waals surface area contributed by atoms with Gasteiger partial charge >= 0.3 is 0 Å². The molecule has 0 saturated carbocycles. The number of hydrogen-bond donors (Lipinski definition) is 0. The highest BCUT2D eigenvalue weighted by molar-refractivity contribution is 8.27. The number of benzene rings is 2. The Morgan fingerprint density at radius 3 is 2.60 bits per heavy atom. The molecule has 0 N–H and O–H groups in total. The monoisotopic (exact) mass is 404 g/mol. The summed E-state index contributed by atoms with van der Waals surface area (Å²) < 4.78 is 0.560. The van der Waals surface area contributed by atoms with Crippen molar-refractivity contribution < 1.29 is 4.79 Å². The Morgan fingerprint density at radius 2 is 1.88 bits per heavy atom. The number of thioether (sulfide) groups is 2. The molecule has 0 radical (unpaired) electrons. The van der Waals surface area contributed by atoms with E-state index >= 15 is 0 Å². The molecule has 0 spiro atoms. The minimum Gasteiger partial charge on any atom is -0.334 e. The van der Waals surface area contributed by atoms with Crippen molar-refractivity contribution in [3.8, 4) is 0 Å². The van der Waals surface area contributed by atoms with Crippen LogP contribution in [0.5, 0.6) is 0 Å². The summed E-state index contributed by atoms with van der Waals surface area (Å²) in [6.45, 7) is 2.82. The zero-order valence-corrected chi connectivity index (χ0v) is 16.4. The van der Waals surface area contributed by atoms with E-state index in [2.05, 4.69) is 11.8 Å². The maximum atomic E-state index is 13.1. The van der Waals surface area contributed by atoms with Crippen LogP contribution in [0, 0.1) is 0 Å². The lowest BCUT2D eigenvalue weighted by molar-refractivity contribution is -0.113. The third-order valence-corrected chi connectivity index (χ3v) is 6.87. The highest BCUT2D eigenvalue weighted by Crippen LogP contribution is 2.51. The number of rotatable bonds is 2. The first kappa shape index (κ1) is 17.0. The average Bonchev–Trinajstić information content (AvgIpc) is 3.11. The SMILES string of the molecule is CCN1/C(=C2\SC(=S)N(c3ccccc3)C2=O)Sc2ccc(Cl)cc21. The second-order valence-corrected chi connectivity index (χ2v) is 8.55. The predicted molar refractivity (Wildman–Crippen MR) is 111 cm³/mol. The summed E-state index contributed by atoms with van der Waals surface area (Å²) in [5.41, 5.74) is 1.84. The molecule has 7 heteroatoms. The van der Waals surface area contributed by atoms with Gasteiger partial charge in [-0.15, -0.1) is 0 Å². The van der Waals surface area contributed by atoms with Gasteiger partial charge in [0.25, 0.3) is 5.91 Å². The summed E-state index contributed by atoms with van der Waals surface area (Å²) in [6.07, 6.45) is 0. The van der Waals surface area contributed by atoms with E-state index in [0.717, 1.165) is 27.8 Å². The van der Waals surface area contributed by atoms with Gasteiger partial charge in [0, 0.05) is 16.5 Å². The maximum Gasteiger partial charge on any atom is 0.273 e. The van der Waals surface area contributed by atoms with Crippen LogP contribution in [0.3, 0.4) is 0 Å². The topological polar surface area (TPSA) is 23.6 Å². The summed E-state index contributed by atoms with van der Waals surface area (Å²) in [7, 11) is 0. The van der Waals surface area contributed by atoms with E-state index in [9.17, 15) is 4.79 Å². The smallest absolute Gasteiger partial charge is 0.273 e. The molecule has 0 aliphatic carbocycles. The number of carbonyl (C=O) groups excluding carboxylic acids is 1. The number of para-hydroxylation sites is 1. The summed E-state index contributed by atoms with van der Waals surface area (Å²) >= 11 is 14.6. The third-order valence-electron chi connectivity index (χ3n) is 3.96. The Kier molecular flexibility index (Phi) is 4.54. The summed E-state index contributed by atoms with van der Waals surface area (Å²) in [5, 5.41) is 1.62. The Bertz CT molecular complexity index is 914. The van der Waals surface area contributed by atoms with Gasteiger partial charge in [0.15, 0.2) is 4.32 Å². The van der Waals surface area contributed by atoms with Gasteiger partial charge in [0.2, 0.25) is 0 Å². The molecule has 1 amide bonds. The first-order valence-electron chi connectivity index (χ1n) is 7.70. The molecule has 2 aliphatic heterocycles. The van der Waals surface area contributed by atoms with Gasteiger partial charge in [-0.05, 0) is 37.3 Å². The molecular weight excluding hydrogens is 392 g/mol. The second-order valence-electron chi connectivity index (χ2n) is 5.44. The number of anilines is 2. The molecule has 0 bridgehead atoms. The predicted octanol–water partition coefficient (Wildman–Crippen LogP) is 5.51. The second kappa shape index (κ2) is 6.68. The van der Waals surface area contributed by atoms with E-state index in [1.807, 2.05) is 48.5 Å². The lowest BCUT2D eigenvalue weighted by atomic mass is 10.3. The number of nitrogens with zero attached hydrogens (tertiary/aromatic N) is 2. The van der Waals surface area contributed by atoms with Crippen LogP contribution in [0.25, 0.3) is 0 Å². The fourth-order valence-electron chi connectivity index (χ4n) is 2.84. The molecule has 0 atom stereocenters. The standard InChI is InChI=1S/C18H13ClN2OS3/c1-2-20-13-10-11(19)8-9-14(13)24-17(20)15-16(22)21(18(23)25-15)12-6-4-3-5-7-12/h3-10H,2H2,1H3/b17-15+. The molecule has 2 aromatic carbocycles. The van der Waals surface area contributed by atoms with Crippen LogP contribution in [0.1, 0.15) is 6.92 Å². The molecule has 3 nitrogen and oxygen atoms in total. The first-order chi connectivity index (χ1) is 12.1. The molecule has 0 aromatic heterocycles. The quantitative estimate of drug-likeness (QED) is 0.485. The molecule has 2 aliphatic rings. The average molecular weight is 405 g/mol. The van der Waals surface area contributed by atoms with Crippen molar-refractivity contribution in [1.29, 1.82) is 0 Å². The van der Waals surface area contributed by atoms with Crippen LogP contribution in [-0.4, -0.2) is 16.8 Å². The molecule has 1 fully saturated rings. The number of amides is 1. The zero-order valence-electron chi connectivity index (χ0n) is 13.2. The van der Waals surface area contributed by atoms with Gasteiger partial charge < -0.3 is 4.90 Å². The maximum absolute atomic E-state index is 13.1. The van der Waals surface area contributed by atoms with Crippen LogP contribution < -0.4 is 9.80 Å². The molecule has 1 saturated heterocycles. The number of fused-ring (bicyclic) bond motifs is 1. The van der Waals surface area contributed by atoms with Crippen molar-refractivity contribution in [2.45, 2.75) is 11.8 Å². The van der Waals surface area contributed by atoms with Crippen molar-refractivity contribution in [3.63, 3.8) is 0 Å². The Labute approximate surface area is 165 Å². The number of halogens is 1. The molecular formula is C18H13ClN2OS3. The molecule has 4 rings (SSSR count). The van der Waals surface area contributed by atoms with Crippen molar-refractivity contribution in [3.05, 3.63) is 63.5 Å². The zero-order chi connectivity index (χ0) is 17.6. The van der Waals surface area contributed by atoms with Crippen LogP contribution in [-0.2, 0) is 4.79 Å². The normalized spacial score (nSPS) is 19.8. The Morgan fingerprint density at radius 1 is 1.12 bits per heavy atom. The lowest BCUT2D eigenvalue weighted by Crippen LogP contribution is -2.28. The van der Waals surface area contributed by atoms with Gasteiger partial charge in [-0.25, -0.2) is 0 Å². The number of carbonyl (C=O) groups is 1. The minimum absolute atomic E-state index is 0.0685. The molecule has 2 aromatic rings. The van der Waals surface area contributed by atoms with Gasteiger partial charge in [0.1, 0.15) is 9.93 Å². The van der Waals surface area contributed by atoms with Gasteiger partial charge in [-0.2, -0.15) is 0 Å². The highest BCUT2D eigenvalue weighted by Gasteiger charge is 2.39.